The molecule has 1 aromatic heterocycles. The molecule has 1 fully saturated rings. The van der Waals surface area contributed by atoms with Gasteiger partial charge in [-0.1, -0.05) is 18.2 Å². The molecule has 21 heavy (non-hydrogen) atoms. The molecule has 6 nitrogen and oxygen atoms in total. The molecule has 0 bridgehead atoms. The molecule has 2 aromatic rings. The van der Waals surface area contributed by atoms with E-state index in [-0.39, 0.29) is 5.69 Å². The van der Waals surface area contributed by atoms with Crippen molar-refractivity contribution in [2.75, 3.05) is 31.6 Å². The van der Waals surface area contributed by atoms with Gasteiger partial charge in [-0.2, -0.15) is 0 Å². The van der Waals surface area contributed by atoms with Crippen LogP contribution >= 0.6 is 0 Å². The lowest BCUT2D eigenvalue weighted by atomic mass is 10.1. The number of fused-ring (bicyclic) bond motifs is 1. The van der Waals surface area contributed by atoms with Gasteiger partial charge in [-0.15, -0.1) is 10.2 Å². The third kappa shape index (κ3) is 2.42. The summed E-state index contributed by atoms with van der Waals surface area (Å²) in [4.78, 5) is 15.9. The summed E-state index contributed by atoms with van der Waals surface area (Å²) in [5, 5.41) is 18.2. The Morgan fingerprint density at radius 2 is 2.05 bits per heavy atom. The van der Waals surface area contributed by atoms with Crippen LogP contribution in [-0.2, 0) is 0 Å². The van der Waals surface area contributed by atoms with E-state index in [1.165, 1.54) is 0 Å². The molecule has 110 valence electrons. The Morgan fingerprint density at radius 1 is 1.29 bits per heavy atom. The number of hydrogen-bond donors (Lipinski definition) is 1. The van der Waals surface area contributed by atoms with Crippen LogP contribution in [0, 0.1) is 0 Å². The number of piperazine rings is 1. The Labute approximate surface area is 123 Å². The fourth-order valence-corrected chi connectivity index (χ4v) is 2.76. The first-order valence-electron chi connectivity index (χ1n) is 7.02. The van der Waals surface area contributed by atoms with Crippen molar-refractivity contribution in [1.82, 2.24) is 15.1 Å². The van der Waals surface area contributed by atoms with Crippen LogP contribution in [0.2, 0.25) is 0 Å². The van der Waals surface area contributed by atoms with E-state index in [1.54, 1.807) is 0 Å². The molecule has 0 radical (unpaired) electrons. The van der Waals surface area contributed by atoms with Gasteiger partial charge in [-0.3, -0.25) is 0 Å². The number of carboxylic acid groups (broad SMARTS) is 1. The Hall–Kier alpha value is -2.21. The van der Waals surface area contributed by atoms with Crippen LogP contribution in [0.25, 0.3) is 10.9 Å². The van der Waals surface area contributed by atoms with Crippen molar-refractivity contribution in [2.24, 2.45) is 0 Å². The minimum atomic E-state index is -1.03. The predicted molar refractivity (Wildman–Crippen MR) is 80.8 cm³/mol. The quantitative estimate of drug-likeness (QED) is 0.901. The lowest BCUT2D eigenvalue weighted by Crippen LogP contribution is -2.50. The largest absolute Gasteiger partial charge is 0.476 e. The van der Waals surface area contributed by atoms with Crippen molar-refractivity contribution < 1.29 is 9.90 Å². The van der Waals surface area contributed by atoms with Gasteiger partial charge in [0.2, 0.25) is 0 Å². The monoisotopic (exact) mass is 286 g/mol. The molecular weight excluding hydrogens is 268 g/mol. The van der Waals surface area contributed by atoms with Crippen LogP contribution in [0.3, 0.4) is 0 Å². The Balaban J connectivity index is 2.14. The molecule has 0 aliphatic carbocycles. The zero-order valence-corrected chi connectivity index (χ0v) is 12.2. The summed E-state index contributed by atoms with van der Waals surface area (Å²) in [7, 11) is 2.09. The van der Waals surface area contributed by atoms with Crippen LogP contribution in [0.15, 0.2) is 24.3 Å². The van der Waals surface area contributed by atoms with Crippen molar-refractivity contribution in [3.8, 4) is 0 Å². The molecule has 0 saturated carbocycles. The van der Waals surface area contributed by atoms with Crippen LogP contribution in [0.1, 0.15) is 17.4 Å². The average Bonchev–Trinajstić information content (AvgIpc) is 2.49. The molecule has 1 atom stereocenters. The molecule has 3 rings (SSSR count). The van der Waals surface area contributed by atoms with Gasteiger partial charge in [0.25, 0.3) is 0 Å². The van der Waals surface area contributed by atoms with Gasteiger partial charge < -0.3 is 14.9 Å². The molecule has 1 aromatic carbocycles. The Bertz CT molecular complexity index is 688. The molecule has 0 spiro atoms. The van der Waals surface area contributed by atoms with E-state index in [9.17, 15) is 9.90 Å². The van der Waals surface area contributed by atoms with Gasteiger partial charge in [0.1, 0.15) is 0 Å². The molecule has 1 saturated heterocycles. The number of anilines is 1. The zero-order valence-electron chi connectivity index (χ0n) is 12.2. The second-order valence-electron chi connectivity index (χ2n) is 5.50. The lowest BCUT2D eigenvalue weighted by Gasteiger charge is -2.39. The predicted octanol–water partition coefficient (Wildman–Crippen LogP) is 1.47. The summed E-state index contributed by atoms with van der Waals surface area (Å²) in [6, 6.07) is 7.92. The lowest BCUT2D eigenvalue weighted by molar-refractivity contribution is 0.0690. The van der Waals surface area contributed by atoms with Crippen LogP contribution in [0.5, 0.6) is 0 Å². The standard InChI is InChI=1S/C15H18N4O2/c1-10-9-19(8-7-18(10)2)14-11-5-3-4-6-12(11)16-17-13(14)15(20)21/h3-6,10H,7-9H2,1-2H3,(H,20,21). The molecule has 0 amide bonds. The second kappa shape index (κ2) is 5.29. The van der Waals surface area contributed by atoms with Gasteiger partial charge in [0.15, 0.2) is 5.69 Å². The van der Waals surface area contributed by atoms with Gasteiger partial charge in [-0.05, 0) is 20.0 Å². The van der Waals surface area contributed by atoms with E-state index in [0.717, 1.165) is 30.5 Å². The van der Waals surface area contributed by atoms with Crippen LogP contribution in [0.4, 0.5) is 5.69 Å². The molecule has 1 aliphatic heterocycles. The Morgan fingerprint density at radius 3 is 2.76 bits per heavy atom. The van der Waals surface area contributed by atoms with Crippen molar-refractivity contribution in [3.05, 3.63) is 30.0 Å². The highest BCUT2D eigenvalue weighted by atomic mass is 16.4. The van der Waals surface area contributed by atoms with E-state index < -0.39 is 5.97 Å². The number of carbonyl (C=O) groups is 1. The highest BCUT2D eigenvalue weighted by Gasteiger charge is 2.27. The van der Waals surface area contributed by atoms with E-state index in [1.807, 2.05) is 24.3 Å². The first-order valence-corrected chi connectivity index (χ1v) is 7.02. The molecule has 1 unspecified atom stereocenters. The number of likely N-dealkylation sites (N-methyl/N-ethyl adjacent to an activating group) is 1. The fourth-order valence-electron chi connectivity index (χ4n) is 2.76. The third-order valence-electron chi connectivity index (χ3n) is 4.12. The van der Waals surface area contributed by atoms with Crippen molar-refractivity contribution >= 4 is 22.6 Å². The minimum absolute atomic E-state index is 0.0328. The Kier molecular flexibility index (Phi) is 3.47. The van der Waals surface area contributed by atoms with E-state index in [0.29, 0.717) is 11.7 Å². The maximum Gasteiger partial charge on any atom is 0.358 e. The summed E-state index contributed by atoms with van der Waals surface area (Å²) < 4.78 is 0. The number of aromatic nitrogens is 2. The number of carboxylic acids is 1. The van der Waals surface area contributed by atoms with E-state index in [4.69, 9.17) is 0 Å². The first-order chi connectivity index (χ1) is 10.1. The fraction of sp³-hybridized carbons (Fsp3) is 0.400. The average molecular weight is 286 g/mol. The normalized spacial score (nSPS) is 19.9. The van der Waals surface area contributed by atoms with Crippen molar-refractivity contribution in [2.45, 2.75) is 13.0 Å². The number of benzene rings is 1. The summed E-state index contributed by atoms with van der Waals surface area (Å²) in [6.45, 7) is 4.61. The van der Waals surface area contributed by atoms with Crippen molar-refractivity contribution in [1.29, 1.82) is 0 Å². The van der Waals surface area contributed by atoms with Gasteiger partial charge in [-0.25, -0.2) is 4.79 Å². The van der Waals surface area contributed by atoms with Crippen LogP contribution < -0.4 is 4.90 Å². The zero-order chi connectivity index (χ0) is 15.0. The van der Waals surface area contributed by atoms with Gasteiger partial charge in [0, 0.05) is 31.1 Å². The molecule has 1 aliphatic rings. The van der Waals surface area contributed by atoms with E-state index >= 15 is 0 Å². The highest BCUT2D eigenvalue weighted by Crippen LogP contribution is 2.29. The van der Waals surface area contributed by atoms with E-state index in [2.05, 4.69) is 34.0 Å². The SMILES string of the molecule is CC1CN(c2c(C(=O)O)nnc3ccccc23)CCN1C. The minimum Gasteiger partial charge on any atom is -0.476 e. The van der Waals surface area contributed by atoms with Crippen LogP contribution in [-0.4, -0.2) is 58.9 Å². The summed E-state index contributed by atoms with van der Waals surface area (Å²) in [6.07, 6.45) is 0. The number of nitrogens with zero attached hydrogens (tertiary/aromatic N) is 4. The second-order valence-corrected chi connectivity index (χ2v) is 5.50. The summed E-state index contributed by atoms with van der Waals surface area (Å²) in [5.41, 5.74) is 1.45. The van der Waals surface area contributed by atoms with Gasteiger partial charge >= 0.3 is 5.97 Å². The molecular formula is C15H18N4O2. The highest BCUT2D eigenvalue weighted by molar-refractivity contribution is 6.02. The first kappa shape index (κ1) is 13.8. The third-order valence-corrected chi connectivity index (χ3v) is 4.12. The number of hydrogen-bond acceptors (Lipinski definition) is 5. The van der Waals surface area contributed by atoms with Crippen molar-refractivity contribution in [3.63, 3.8) is 0 Å². The number of aromatic carboxylic acids is 1. The topological polar surface area (TPSA) is 69.6 Å². The number of rotatable bonds is 2. The summed E-state index contributed by atoms with van der Waals surface area (Å²) >= 11 is 0. The molecule has 6 heteroatoms. The van der Waals surface area contributed by atoms with Gasteiger partial charge in [0.05, 0.1) is 11.2 Å². The molecule has 1 N–H and O–H groups in total. The maximum absolute atomic E-state index is 11.5. The smallest absolute Gasteiger partial charge is 0.358 e. The molecule has 2 heterocycles. The maximum atomic E-state index is 11.5. The summed E-state index contributed by atoms with van der Waals surface area (Å²) in [5.74, 6) is -1.03.